The number of hydrogen-bond acceptors (Lipinski definition) is 0. The molecule has 0 bridgehead atoms. The van der Waals surface area contributed by atoms with Crippen LogP contribution < -0.4 is 0 Å². The van der Waals surface area contributed by atoms with Gasteiger partial charge in [-0.1, -0.05) is 74.5 Å². The van der Waals surface area contributed by atoms with E-state index in [2.05, 4.69) is 75.9 Å². The van der Waals surface area contributed by atoms with Crippen molar-refractivity contribution in [2.45, 2.75) is 27.2 Å². The number of benzene rings is 2. The van der Waals surface area contributed by atoms with Crippen LogP contribution in [0.4, 0.5) is 0 Å². The fourth-order valence-electron chi connectivity index (χ4n) is 2.15. The van der Waals surface area contributed by atoms with E-state index >= 15 is 0 Å². The van der Waals surface area contributed by atoms with E-state index in [0.717, 1.165) is 6.42 Å². The molecule has 0 nitrogen and oxygen atoms in total. The number of rotatable bonds is 4. The number of allylic oxidation sites excluding steroid dienone is 1. The minimum atomic E-state index is 0.547. The lowest BCUT2D eigenvalue weighted by molar-refractivity contribution is 0.719. The van der Waals surface area contributed by atoms with Crippen LogP contribution in [0.25, 0.3) is 16.7 Å². The molecule has 0 aromatic heterocycles. The van der Waals surface area contributed by atoms with Crippen molar-refractivity contribution in [2.75, 3.05) is 0 Å². The highest BCUT2D eigenvalue weighted by Gasteiger charge is 2.06. The highest BCUT2D eigenvalue weighted by molar-refractivity contribution is 5.70. The third-order valence-corrected chi connectivity index (χ3v) is 3.85. The molecule has 0 saturated heterocycles. The maximum absolute atomic E-state index is 4.21. The first kappa shape index (κ1) is 13.6. The van der Waals surface area contributed by atoms with E-state index in [4.69, 9.17) is 0 Å². The van der Waals surface area contributed by atoms with E-state index in [1.807, 2.05) is 0 Å². The Labute approximate surface area is 116 Å². The summed E-state index contributed by atoms with van der Waals surface area (Å²) in [5, 5.41) is 0. The van der Waals surface area contributed by atoms with E-state index in [1.54, 1.807) is 0 Å². The minimum Gasteiger partial charge on any atom is -0.0950 e. The first-order chi connectivity index (χ1) is 9.11. The standard InChI is InChI=1S/C19H22/c1-5-15(3)16(4)17-10-12-19(13-11-17)18-8-6-14(2)7-9-18/h6-13,15H,4-5H2,1-3H3. The lowest BCUT2D eigenvalue weighted by Crippen LogP contribution is -1.95. The molecule has 2 aromatic rings. The van der Waals surface area contributed by atoms with Crippen LogP contribution >= 0.6 is 0 Å². The Morgan fingerprint density at radius 1 is 0.947 bits per heavy atom. The van der Waals surface area contributed by atoms with Gasteiger partial charge in [-0.15, -0.1) is 0 Å². The van der Waals surface area contributed by atoms with Gasteiger partial charge in [0.25, 0.3) is 0 Å². The molecule has 1 unspecified atom stereocenters. The predicted octanol–water partition coefficient (Wildman–Crippen LogP) is 5.72. The lowest BCUT2D eigenvalue weighted by Gasteiger charge is -2.13. The monoisotopic (exact) mass is 250 g/mol. The van der Waals surface area contributed by atoms with Gasteiger partial charge < -0.3 is 0 Å². The molecule has 1 atom stereocenters. The van der Waals surface area contributed by atoms with Gasteiger partial charge in [-0.2, -0.15) is 0 Å². The Bertz CT molecular complexity index is 544. The van der Waals surface area contributed by atoms with Crippen LogP contribution in [0.5, 0.6) is 0 Å². The number of aryl methyl sites for hydroxylation is 1. The SMILES string of the molecule is C=C(c1ccc(-c2ccc(C)cc2)cc1)C(C)CC. The molecular weight excluding hydrogens is 228 g/mol. The highest BCUT2D eigenvalue weighted by Crippen LogP contribution is 2.26. The van der Waals surface area contributed by atoms with Gasteiger partial charge in [0.2, 0.25) is 0 Å². The largest absolute Gasteiger partial charge is 0.0950 e. The van der Waals surface area contributed by atoms with E-state index in [9.17, 15) is 0 Å². The molecular formula is C19H22. The lowest BCUT2D eigenvalue weighted by atomic mass is 9.92. The molecule has 0 aliphatic heterocycles. The Kier molecular flexibility index (Phi) is 4.21. The van der Waals surface area contributed by atoms with E-state index < -0.39 is 0 Å². The van der Waals surface area contributed by atoms with Gasteiger partial charge in [-0.3, -0.25) is 0 Å². The molecule has 0 heteroatoms. The van der Waals surface area contributed by atoms with Gasteiger partial charge in [-0.05, 0) is 41.5 Å². The average molecular weight is 250 g/mol. The fraction of sp³-hybridized carbons (Fsp3) is 0.263. The maximum Gasteiger partial charge on any atom is -0.0184 e. The predicted molar refractivity (Wildman–Crippen MR) is 85.1 cm³/mol. The fourth-order valence-corrected chi connectivity index (χ4v) is 2.15. The third kappa shape index (κ3) is 3.14. The van der Waals surface area contributed by atoms with Gasteiger partial charge in [0.15, 0.2) is 0 Å². The van der Waals surface area contributed by atoms with Crippen LogP contribution in [0.2, 0.25) is 0 Å². The van der Waals surface area contributed by atoms with Crippen molar-refractivity contribution >= 4 is 5.57 Å². The van der Waals surface area contributed by atoms with Gasteiger partial charge in [0.1, 0.15) is 0 Å². The van der Waals surface area contributed by atoms with Crippen molar-refractivity contribution in [1.82, 2.24) is 0 Å². The molecule has 0 saturated carbocycles. The first-order valence-electron chi connectivity index (χ1n) is 6.98. The first-order valence-corrected chi connectivity index (χ1v) is 6.98. The second-order valence-electron chi connectivity index (χ2n) is 5.28. The van der Waals surface area contributed by atoms with Gasteiger partial charge in [0, 0.05) is 0 Å². The van der Waals surface area contributed by atoms with E-state index in [-0.39, 0.29) is 0 Å². The van der Waals surface area contributed by atoms with Crippen molar-refractivity contribution in [1.29, 1.82) is 0 Å². The molecule has 2 rings (SSSR count). The molecule has 98 valence electrons. The highest BCUT2D eigenvalue weighted by atomic mass is 14.1. The Morgan fingerprint density at radius 3 is 1.89 bits per heavy atom. The topological polar surface area (TPSA) is 0 Å². The summed E-state index contributed by atoms with van der Waals surface area (Å²) < 4.78 is 0. The van der Waals surface area contributed by atoms with Crippen LogP contribution in [0, 0.1) is 12.8 Å². The van der Waals surface area contributed by atoms with Crippen molar-refractivity contribution < 1.29 is 0 Å². The van der Waals surface area contributed by atoms with Crippen LogP contribution in [-0.2, 0) is 0 Å². The van der Waals surface area contributed by atoms with Crippen molar-refractivity contribution in [3.05, 3.63) is 66.2 Å². The zero-order valence-corrected chi connectivity index (χ0v) is 12.1. The van der Waals surface area contributed by atoms with Crippen molar-refractivity contribution in [3.63, 3.8) is 0 Å². The average Bonchev–Trinajstić information content (AvgIpc) is 2.46. The van der Waals surface area contributed by atoms with Crippen LogP contribution in [-0.4, -0.2) is 0 Å². The summed E-state index contributed by atoms with van der Waals surface area (Å²) in [7, 11) is 0. The zero-order valence-electron chi connectivity index (χ0n) is 12.1. The van der Waals surface area contributed by atoms with Gasteiger partial charge >= 0.3 is 0 Å². The molecule has 0 heterocycles. The summed E-state index contributed by atoms with van der Waals surface area (Å²) in [4.78, 5) is 0. The molecule has 0 spiro atoms. The summed E-state index contributed by atoms with van der Waals surface area (Å²) in [6.07, 6.45) is 1.14. The smallest absolute Gasteiger partial charge is 0.0184 e. The molecule has 0 amide bonds. The van der Waals surface area contributed by atoms with Crippen LogP contribution in [0.1, 0.15) is 31.4 Å². The Balaban J connectivity index is 2.23. The molecule has 0 aliphatic carbocycles. The van der Waals surface area contributed by atoms with Gasteiger partial charge in [0.05, 0.1) is 0 Å². The summed E-state index contributed by atoms with van der Waals surface area (Å²) in [6.45, 7) is 10.8. The van der Waals surface area contributed by atoms with E-state index in [0.29, 0.717) is 5.92 Å². The van der Waals surface area contributed by atoms with Crippen molar-refractivity contribution in [3.8, 4) is 11.1 Å². The Hall–Kier alpha value is -1.82. The van der Waals surface area contributed by atoms with Crippen LogP contribution in [0.3, 0.4) is 0 Å². The Morgan fingerprint density at radius 2 is 1.42 bits per heavy atom. The second kappa shape index (κ2) is 5.88. The molecule has 0 radical (unpaired) electrons. The number of hydrogen-bond donors (Lipinski definition) is 0. The summed E-state index contributed by atoms with van der Waals surface area (Å²) in [5.74, 6) is 0.547. The molecule has 0 N–H and O–H groups in total. The van der Waals surface area contributed by atoms with Gasteiger partial charge in [-0.25, -0.2) is 0 Å². The minimum absolute atomic E-state index is 0.547. The normalized spacial score (nSPS) is 12.2. The zero-order chi connectivity index (χ0) is 13.8. The van der Waals surface area contributed by atoms with E-state index in [1.165, 1.54) is 27.8 Å². The second-order valence-corrected chi connectivity index (χ2v) is 5.28. The summed E-state index contributed by atoms with van der Waals surface area (Å²) in [6, 6.07) is 17.4. The molecule has 2 aromatic carbocycles. The maximum atomic E-state index is 4.21. The summed E-state index contributed by atoms with van der Waals surface area (Å²) >= 11 is 0. The van der Waals surface area contributed by atoms with Crippen molar-refractivity contribution in [2.24, 2.45) is 5.92 Å². The molecule has 19 heavy (non-hydrogen) atoms. The molecule has 0 fully saturated rings. The van der Waals surface area contributed by atoms with Crippen LogP contribution in [0.15, 0.2) is 55.1 Å². The quantitative estimate of drug-likeness (QED) is 0.651. The summed E-state index contributed by atoms with van der Waals surface area (Å²) in [5.41, 5.74) is 6.32. The molecule has 0 aliphatic rings. The third-order valence-electron chi connectivity index (χ3n) is 3.85.